The van der Waals surface area contributed by atoms with Crippen LogP contribution in [0.15, 0.2) is 42.5 Å². The molecule has 0 radical (unpaired) electrons. The normalized spacial score (nSPS) is 21.6. The molecule has 0 unspecified atom stereocenters. The number of ether oxygens (including phenoxy) is 2. The van der Waals surface area contributed by atoms with Crippen LogP contribution in [0, 0.1) is 21.8 Å². The average Bonchev–Trinajstić information content (AvgIpc) is 3.00. The number of para-hydroxylation sites is 1. The lowest BCUT2D eigenvalue weighted by Gasteiger charge is -2.33. The Labute approximate surface area is 152 Å². The number of nitro groups is 1. The number of methoxy groups -OCH3 is 1. The van der Waals surface area contributed by atoms with E-state index < -0.39 is 46.3 Å². The zero-order chi connectivity index (χ0) is 19.8. The molecule has 8 nitrogen and oxygen atoms in total. The summed E-state index contributed by atoms with van der Waals surface area (Å²) in [6, 6.07) is 8.67. The molecular formula is C18H14FNO7. The first kappa shape index (κ1) is 18.3. The number of carbonyl (C=O) groups is 2. The lowest BCUT2D eigenvalue weighted by Crippen LogP contribution is -2.39. The van der Waals surface area contributed by atoms with Gasteiger partial charge in [-0.15, -0.1) is 0 Å². The molecule has 27 heavy (non-hydrogen) atoms. The second-order valence-corrected chi connectivity index (χ2v) is 5.92. The third kappa shape index (κ3) is 2.86. The van der Waals surface area contributed by atoms with E-state index in [-0.39, 0.29) is 16.9 Å². The topological polar surface area (TPSA) is 116 Å². The molecule has 1 N–H and O–H groups in total. The number of esters is 1. The van der Waals surface area contributed by atoms with Crippen LogP contribution in [-0.2, 0) is 19.9 Å². The van der Waals surface area contributed by atoms with E-state index in [4.69, 9.17) is 9.47 Å². The number of nitro benzene ring substituents is 1. The summed E-state index contributed by atoms with van der Waals surface area (Å²) in [4.78, 5) is 34.8. The maximum atomic E-state index is 14.0. The molecule has 1 heterocycles. The fraction of sp³-hybridized carbons (Fsp3) is 0.222. The highest BCUT2D eigenvalue weighted by Gasteiger charge is 2.59. The summed E-state index contributed by atoms with van der Waals surface area (Å²) < 4.78 is 24.7. The molecule has 0 bridgehead atoms. The smallest absolute Gasteiger partial charge is 0.311 e. The van der Waals surface area contributed by atoms with Crippen LogP contribution in [0.3, 0.4) is 0 Å². The summed E-state index contributed by atoms with van der Waals surface area (Å²) >= 11 is 0. The lowest BCUT2D eigenvalue weighted by atomic mass is 9.75. The average molecular weight is 375 g/mol. The maximum Gasteiger partial charge on any atom is 0.311 e. The number of aliphatic carboxylic acids is 1. The second kappa shape index (κ2) is 6.67. The van der Waals surface area contributed by atoms with Gasteiger partial charge in [0, 0.05) is 11.6 Å². The molecule has 2 aromatic carbocycles. The van der Waals surface area contributed by atoms with Gasteiger partial charge in [-0.2, -0.15) is 0 Å². The molecule has 0 spiro atoms. The first-order valence-corrected chi connectivity index (χ1v) is 7.83. The van der Waals surface area contributed by atoms with Crippen LogP contribution in [0.25, 0.3) is 0 Å². The zero-order valence-electron chi connectivity index (χ0n) is 14.0. The van der Waals surface area contributed by atoms with E-state index in [2.05, 4.69) is 0 Å². The molecule has 2 aromatic rings. The molecule has 0 aliphatic carbocycles. The Hall–Kier alpha value is -3.49. The highest BCUT2D eigenvalue weighted by Crippen LogP contribution is 2.52. The van der Waals surface area contributed by atoms with Gasteiger partial charge >= 0.3 is 11.9 Å². The predicted octanol–water partition coefficient (Wildman–Crippen LogP) is 2.63. The number of cyclic esters (lactones) is 1. The Morgan fingerprint density at radius 1 is 1.33 bits per heavy atom. The third-order valence-electron chi connectivity index (χ3n) is 4.50. The third-order valence-corrected chi connectivity index (χ3v) is 4.50. The number of carboxylic acid groups (broad SMARTS) is 1. The summed E-state index contributed by atoms with van der Waals surface area (Å²) in [5.41, 5.74) is -2.96. The van der Waals surface area contributed by atoms with E-state index >= 15 is 0 Å². The molecule has 1 aliphatic rings. The number of nitrogens with zero attached hydrogens (tertiary/aromatic N) is 1. The van der Waals surface area contributed by atoms with Crippen molar-refractivity contribution in [2.45, 2.75) is 12.0 Å². The van der Waals surface area contributed by atoms with Gasteiger partial charge in [-0.1, -0.05) is 18.2 Å². The van der Waals surface area contributed by atoms with Crippen molar-refractivity contribution in [3.63, 3.8) is 0 Å². The van der Waals surface area contributed by atoms with Crippen LogP contribution in [0.1, 0.15) is 17.5 Å². The van der Waals surface area contributed by atoms with E-state index in [1.165, 1.54) is 25.3 Å². The number of benzene rings is 2. The highest BCUT2D eigenvalue weighted by atomic mass is 19.1. The fourth-order valence-corrected chi connectivity index (χ4v) is 3.41. The van der Waals surface area contributed by atoms with E-state index in [0.717, 1.165) is 18.2 Å². The monoisotopic (exact) mass is 375 g/mol. The van der Waals surface area contributed by atoms with Crippen molar-refractivity contribution in [2.24, 2.45) is 5.92 Å². The standard InChI is InChI=1S/C18H14FNO7/c1-26-15-5-3-2-4-11(15)18(13(17(22)23)9-16(21)27-18)12-8-10(19)6-7-14(12)20(24)25/h2-8,13H,9H2,1H3,(H,22,23)/t13-,18+/m1/s1. The van der Waals surface area contributed by atoms with Crippen molar-refractivity contribution in [3.05, 3.63) is 69.5 Å². The summed E-state index contributed by atoms with van der Waals surface area (Å²) in [6.07, 6.45) is -0.527. The minimum absolute atomic E-state index is 0.0828. The molecule has 0 amide bonds. The zero-order valence-corrected chi connectivity index (χ0v) is 14.0. The van der Waals surface area contributed by atoms with Gasteiger partial charge in [-0.3, -0.25) is 19.7 Å². The molecule has 0 aromatic heterocycles. The second-order valence-electron chi connectivity index (χ2n) is 5.92. The maximum absolute atomic E-state index is 14.0. The molecule has 1 fully saturated rings. The molecule has 0 saturated carbocycles. The van der Waals surface area contributed by atoms with E-state index in [9.17, 15) is 29.2 Å². The molecular weight excluding hydrogens is 361 g/mol. The van der Waals surface area contributed by atoms with Gasteiger partial charge in [0.15, 0.2) is 5.60 Å². The van der Waals surface area contributed by atoms with Crippen molar-refractivity contribution in [1.29, 1.82) is 0 Å². The Morgan fingerprint density at radius 2 is 2.04 bits per heavy atom. The highest BCUT2D eigenvalue weighted by molar-refractivity contribution is 5.86. The van der Waals surface area contributed by atoms with Crippen LogP contribution in [0.4, 0.5) is 10.1 Å². The number of carboxylic acids is 1. The minimum Gasteiger partial charge on any atom is -0.496 e. The van der Waals surface area contributed by atoms with Gasteiger partial charge in [0.2, 0.25) is 0 Å². The van der Waals surface area contributed by atoms with Crippen LogP contribution >= 0.6 is 0 Å². The van der Waals surface area contributed by atoms with Gasteiger partial charge in [0.1, 0.15) is 17.5 Å². The minimum atomic E-state index is -2.11. The Kier molecular flexibility index (Phi) is 4.52. The summed E-state index contributed by atoms with van der Waals surface area (Å²) in [5.74, 6) is -4.48. The molecule has 9 heteroatoms. The number of hydrogen-bond donors (Lipinski definition) is 1. The van der Waals surface area contributed by atoms with Crippen molar-refractivity contribution < 1.29 is 33.5 Å². The quantitative estimate of drug-likeness (QED) is 0.485. The number of halogens is 1. The Balaban J connectivity index is 2.44. The molecule has 3 rings (SSSR count). The molecule has 1 aliphatic heterocycles. The van der Waals surface area contributed by atoms with Crippen LogP contribution < -0.4 is 4.74 Å². The number of hydrogen-bond acceptors (Lipinski definition) is 6. The molecule has 140 valence electrons. The Morgan fingerprint density at radius 3 is 2.67 bits per heavy atom. The Bertz CT molecular complexity index is 945. The lowest BCUT2D eigenvalue weighted by molar-refractivity contribution is -0.386. The van der Waals surface area contributed by atoms with Crippen LogP contribution in [-0.4, -0.2) is 29.1 Å². The molecule has 2 atom stereocenters. The largest absolute Gasteiger partial charge is 0.496 e. The fourth-order valence-electron chi connectivity index (χ4n) is 3.41. The first-order valence-electron chi connectivity index (χ1n) is 7.83. The van der Waals surface area contributed by atoms with Gasteiger partial charge in [0.05, 0.1) is 24.0 Å². The SMILES string of the molecule is COc1ccccc1[C@@]1(c2cc(F)ccc2[N+](=O)[O-])OC(=O)C[C@@H]1C(=O)O. The van der Waals surface area contributed by atoms with E-state index in [1.807, 2.05) is 0 Å². The van der Waals surface area contributed by atoms with Gasteiger partial charge in [-0.05, 0) is 18.2 Å². The van der Waals surface area contributed by atoms with Gasteiger partial charge in [0.25, 0.3) is 5.69 Å². The van der Waals surface area contributed by atoms with Crippen LogP contribution in [0.5, 0.6) is 5.75 Å². The van der Waals surface area contributed by atoms with Crippen LogP contribution in [0.2, 0.25) is 0 Å². The van der Waals surface area contributed by atoms with E-state index in [1.54, 1.807) is 6.07 Å². The number of carbonyl (C=O) groups excluding carboxylic acids is 1. The van der Waals surface area contributed by atoms with Gasteiger partial charge < -0.3 is 14.6 Å². The predicted molar refractivity (Wildman–Crippen MR) is 88.7 cm³/mol. The number of rotatable bonds is 5. The van der Waals surface area contributed by atoms with Gasteiger partial charge in [-0.25, -0.2) is 4.39 Å². The van der Waals surface area contributed by atoms with Crippen molar-refractivity contribution >= 4 is 17.6 Å². The summed E-state index contributed by atoms with van der Waals surface area (Å²) in [7, 11) is 1.32. The van der Waals surface area contributed by atoms with E-state index in [0.29, 0.717) is 0 Å². The van der Waals surface area contributed by atoms with Crippen molar-refractivity contribution in [3.8, 4) is 5.75 Å². The molecule has 1 saturated heterocycles. The van der Waals surface area contributed by atoms with Crippen molar-refractivity contribution in [2.75, 3.05) is 7.11 Å². The first-order chi connectivity index (χ1) is 12.8. The summed E-state index contributed by atoms with van der Waals surface area (Å²) in [5, 5.41) is 21.3. The van der Waals surface area contributed by atoms with Crippen molar-refractivity contribution in [1.82, 2.24) is 0 Å². The summed E-state index contributed by atoms with van der Waals surface area (Å²) in [6.45, 7) is 0.